The molecule has 1 atom stereocenters. The van der Waals surface area contributed by atoms with Crippen molar-refractivity contribution < 1.29 is 14.3 Å². The van der Waals surface area contributed by atoms with E-state index < -0.39 is 0 Å². The normalized spacial score (nSPS) is 25.4. The largest absolute Gasteiger partial charge is 0.467 e. The zero-order valence-corrected chi connectivity index (χ0v) is 13.3. The summed E-state index contributed by atoms with van der Waals surface area (Å²) in [6, 6.07) is -0.381. The molecule has 0 spiro atoms. The third kappa shape index (κ3) is 3.76. The predicted octanol–water partition coefficient (Wildman–Crippen LogP) is 1.85. The maximum atomic E-state index is 12.7. The van der Waals surface area contributed by atoms with Crippen LogP contribution in [0.15, 0.2) is 0 Å². The van der Waals surface area contributed by atoms with Crippen LogP contribution in [-0.2, 0) is 14.3 Å². The summed E-state index contributed by atoms with van der Waals surface area (Å²) in [7, 11) is 3.35. The third-order valence-electron chi connectivity index (χ3n) is 5.13. The Bertz CT molecular complexity index is 378. The van der Waals surface area contributed by atoms with Crippen molar-refractivity contribution in [1.82, 2.24) is 10.2 Å². The monoisotopic (exact) mass is 296 g/mol. The summed E-state index contributed by atoms with van der Waals surface area (Å²) < 4.78 is 4.86. The molecule has 1 amide bonds. The molecule has 1 heterocycles. The van der Waals surface area contributed by atoms with E-state index in [0.717, 1.165) is 32.1 Å². The van der Waals surface area contributed by atoms with Gasteiger partial charge in [0.25, 0.3) is 0 Å². The van der Waals surface area contributed by atoms with Crippen molar-refractivity contribution in [3.63, 3.8) is 0 Å². The van der Waals surface area contributed by atoms with Gasteiger partial charge in [-0.1, -0.05) is 19.3 Å². The number of carbonyl (C=O) groups excluding carboxylic acids is 2. The summed E-state index contributed by atoms with van der Waals surface area (Å²) in [4.78, 5) is 26.4. The molecule has 1 N–H and O–H groups in total. The van der Waals surface area contributed by atoms with E-state index in [-0.39, 0.29) is 23.5 Å². The zero-order chi connectivity index (χ0) is 15.3. The minimum absolute atomic E-state index is 0.0759. The Morgan fingerprint density at radius 3 is 2.52 bits per heavy atom. The number of piperidine rings is 1. The first-order valence-electron chi connectivity index (χ1n) is 8.18. The van der Waals surface area contributed by atoms with Crippen LogP contribution in [0, 0.1) is 0 Å². The van der Waals surface area contributed by atoms with Gasteiger partial charge in [0.1, 0.15) is 6.04 Å². The van der Waals surface area contributed by atoms with Crippen molar-refractivity contribution in [3.05, 3.63) is 0 Å². The molecule has 1 saturated heterocycles. The topological polar surface area (TPSA) is 58.6 Å². The summed E-state index contributed by atoms with van der Waals surface area (Å²) in [5, 5.41) is 3.38. The summed E-state index contributed by atoms with van der Waals surface area (Å²) >= 11 is 0. The van der Waals surface area contributed by atoms with Crippen molar-refractivity contribution >= 4 is 11.9 Å². The Balaban J connectivity index is 2.04. The lowest BCUT2D eigenvalue weighted by molar-refractivity contribution is -0.155. The van der Waals surface area contributed by atoms with Gasteiger partial charge in [0, 0.05) is 18.5 Å². The van der Waals surface area contributed by atoms with Crippen molar-refractivity contribution in [2.24, 2.45) is 0 Å². The van der Waals surface area contributed by atoms with Gasteiger partial charge in [-0.05, 0) is 39.2 Å². The zero-order valence-electron chi connectivity index (χ0n) is 13.3. The Morgan fingerprint density at radius 2 is 1.90 bits per heavy atom. The Labute approximate surface area is 127 Å². The summed E-state index contributed by atoms with van der Waals surface area (Å²) in [5.41, 5.74) is -0.0759. The van der Waals surface area contributed by atoms with Gasteiger partial charge in [-0.2, -0.15) is 0 Å². The van der Waals surface area contributed by atoms with Crippen LogP contribution >= 0.6 is 0 Å². The van der Waals surface area contributed by atoms with E-state index in [0.29, 0.717) is 13.0 Å². The van der Waals surface area contributed by atoms with Crippen LogP contribution in [0.1, 0.15) is 57.8 Å². The first-order valence-corrected chi connectivity index (χ1v) is 8.18. The molecular weight excluding hydrogens is 268 g/mol. The number of carbonyl (C=O) groups is 2. The number of nitrogens with one attached hydrogen (secondary N) is 1. The average Bonchev–Trinajstić information content (AvgIpc) is 2.55. The molecule has 5 heteroatoms. The van der Waals surface area contributed by atoms with Crippen molar-refractivity contribution in [3.8, 4) is 0 Å². The Morgan fingerprint density at radius 1 is 1.19 bits per heavy atom. The standard InChI is InChI=1S/C16H28N2O3/c1-17-16(9-5-3-6-10-16)12-14(19)18-11-7-4-8-13(18)15(20)21-2/h13,17H,3-12H2,1-2H3. The van der Waals surface area contributed by atoms with Crippen LogP contribution in [0.5, 0.6) is 0 Å². The SMILES string of the molecule is CNC1(CC(=O)N2CCCCC2C(=O)OC)CCCCC1. The van der Waals surface area contributed by atoms with Gasteiger partial charge < -0.3 is 15.0 Å². The highest BCUT2D eigenvalue weighted by Gasteiger charge is 2.38. The summed E-state index contributed by atoms with van der Waals surface area (Å²) in [6.07, 6.45) is 8.89. The molecule has 2 fully saturated rings. The molecule has 0 aromatic rings. The van der Waals surface area contributed by atoms with Crippen LogP contribution in [0.2, 0.25) is 0 Å². The molecular formula is C16H28N2O3. The van der Waals surface area contributed by atoms with E-state index in [1.807, 2.05) is 7.05 Å². The van der Waals surface area contributed by atoms with Crippen molar-refractivity contribution in [2.75, 3.05) is 20.7 Å². The van der Waals surface area contributed by atoms with Gasteiger partial charge in [0.15, 0.2) is 0 Å². The number of methoxy groups -OCH3 is 1. The molecule has 5 nitrogen and oxygen atoms in total. The van der Waals surface area contributed by atoms with Crippen LogP contribution in [0.25, 0.3) is 0 Å². The minimum Gasteiger partial charge on any atom is -0.467 e. The fraction of sp³-hybridized carbons (Fsp3) is 0.875. The predicted molar refractivity (Wildman–Crippen MR) is 80.9 cm³/mol. The second-order valence-electron chi connectivity index (χ2n) is 6.39. The van der Waals surface area contributed by atoms with Gasteiger partial charge in [-0.3, -0.25) is 4.79 Å². The number of esters is 1. The van der Waals surface area contributed by atoms with E-state index in [9.17, 15) is 9.59 Å². The van der Waals surface area contributed by atoms with Crippen molar-refractivity contribution in [1.29, 1.82) is 0 Å². The molecule has 120 valence electrons. The quantitative estimate of drug-likeness (QED) is 0.804. The minimum atomic E-state index is -0.381. The Hall–Kier alpha value is -1.10. The van der Waals surface area contributed by atoms with Crippen LogP contribution in [0.4, 0.5) is 0 Å². The lowest BCUT2D eigenvalue weighted by atomic mass is 9.79. The number of rotatable bonds is 4. The molecule has 1 aliphatic heterocycles. The van der Waals surface area contributed by atoms with Crippen LogP contribution < -0.4 is 5.32 Å². The average molecular weight is 296 g/mol. The number of hydrogen-bond donors (Lipinski definition) is 1. The van der Waals surface area contributed by atoms with Gasteiger partial charge in [-0.15, -0.1) is 0 Å². The Kier molecular flexibility index (Phi) is 5.62. The van der Waals surface area contributed by atoms with E-state index in [4.69, 9.17) is 4.74 Å². The highest BCUT2D eigenvalue weighted by atomic mass is 16.5. The van der Waals surface area contributed by atoms with E-state index >= 15 is 0 Å². The smallest absolute Gasteiger partial charge is 0.328 e. The molecule has 0 aromatic heterocycles. The van der Waals surface area contributed by atoms with E-state index in [1.165, 1.54) is 26.4 Å². The molecule has 0 radical (unpaired) electrons. The van der Waals surface area contributed by atoms with Crippen molar-refractivity contribution in [2.45, 2.75) is 69.4 Å². The fourth-order valence-corrected chi connectivity index (χ4v) is 3.75. The molecule has 1 aliphatic carbocycles. The molecule has 0 aromatic carbocycles. The second-order valence-corrected chi connectivity index (χ2v) is 6.39. The lowest BCUT2D eigenvalue weighted by Gasteiger charge is -2.40. The van der Waals surface area contributed by atoms with Gasteiger partial charge in [0.2, 0.25) is 5.91 Å². The highest BCUT2D eigenvalue weighted by molar-refractivity contribution is 5.85. The van der Waals surface area contributed by atoms with Gasteiger partial charge in [0.05, 0.1) is 7.11 Å². The molecule has 0 bridgehead atoms. The first-order chi connectivity index (χ1) is 10.1. The van der Waals surface area contributed by atoms with Gasteiger partial charge in [-0.25, -0.2) is 4.79 Å². The van der Waals surface area contributed by atoms with E-state index in [1.54, 1.807) is 4.90 Å². The molecule has 1 unspecified atom stereocenters. The maximum Gasteiger partial charge on any atom is 0.328 e. The number of ether oxygens (including phenoxy) is 1. The summed E-state index contributed by atoms with van der Waals surface area (Å²) in [6.45, 7) is 0.679. The maximum absolute atomic E-state index is 12.7. The molecule has 2 rings (SSSR count). The number of hydrogen-bond acceptors (Lipinski definition) is 4. The van der Waals surface area contributed by atoms with E-state index in [2.05, 4.69) is 5.32 Å². The molecule has 1 saturated carbocycles. The highest BCUT2D eigenvalue weighted by Crippen LogP contribution is 2.32. The number of likely N-dealkylation sites (tertiary alicyclic amines) is 1. The van der Waals surface area contributed by atoms with Gasteiger partial charge >= 0.3 is 5.97 Å². The second kappa shape index (κ2) is 7.25. The van der Waals surface area contributed by atoms with Crippen LogP contribution in [0.3, 0.4) is 0 Å². The van der Waals surface area contributed by atoms with Crippen LogP contribution in [-0.4, -0.2) is 49.1 Å². The number of nitrogens with zero attached hydrogens (tertiary/aromatic N) is 1. The summed E-state index contributed by atoms with van der Waals surface area (Å²) in [5.74, 6) is -0.174. The third-order valence-corrected chi connectivity index (χ3v) is 5.13. The lowest BCUT2D eigenvalue weighted by Crippen LogP contribution is -2.53. The fourth-order valence-electron chi connectivity index (χ4n) is 3.75. The molecule has 2 aliphatic rings. The number of amides is 1. The molecule has 21 heavy (non-hydrogen) atoms. The first kappa shape index (κ1) is 16.3.